The van der Waals surface area contributed by atoms with Crippen LogP contribution in [0.4, 0.5) is 11.6 Å². The van der Waals surface area contributed by atoms with Gasteiger partial charge in [-0.15, -0.1) is 11.3 Å². The second-order valence-electron chi connectivity index (χ2n) is 8.52. The number of aryl methyl sites for hydroxylation is 2. The lowest BCUT2D eigenvalue weighted by molar-refractivity contribution is 0.414. The standard InChI is InChI=1S/C26H27N5O2S/c1-30(2)18-10-8-17(9-11-18)16-27-29-26-28-24-23(21-6-4-5-7-22(21)34-24)25(32)31(26)19-12-14-20(33-3)15-13-19/h8-16H,4-7H2,1-3H3,(H,28,29). The summed E-state index contributed by atoms with van der Waals surface area (Å²) in [5, 5.41) is 5.15. The van der Waals surface area contributed by atoms with E-state index in [1.807, 2.05) is 67.5 Å². The molecule has 1 N–H and O–H groups in total. The molecule has 0 bridgehead atoms. The van der Waals surface area contributed by atoms with Gasteiger partial charge in [-0.05, 0) is 73.2 Å². The number of ether oxygens (including phenoxy) is 1. The average molecular weight is 474 g/mol. The number of hydrogen-bond donors (Lipinski definition) is 1. The summed E-state index contributed by atoms with van der Waals surface area (Å²) in [6.45, 7) is 0. The molecule has 174 valence electrons. The van der Waals surface area contributed by atoms with Crippen LogP contribution in [0.15, 0.2) is 58.4 Å². The Morgan fingerprint density at radius 3 is 2.53 bits per heavy atom. The largest absolute Gasteiger partial charge is 0.497 e. The van der Waals surface area contributed by atoms with E-state index in [1.54, 1.807) is 29.2 Å². The zero-order valence-corrected chi connectivity index (χ0v) is 20.4. The van der Waals surface area contributed by atoms with Gasteiger partial charge in [0.25, 0.3) is 5.56 Å². The summed E-state index contributed by atoms with van der Waals surface area (Å²) in [7, 11) is 5.64. The molecule has 0 radical (unpaired) electrons. The predicted molar refractivity (Wildman–Crippen MR) is 140 cm³/mol. The fourth-order valence-electron chi connectivity index (χ4n) is 4.27. The zero-order valence-electron chi connectivity index (χ0n) is 19.5. The van der Waals surface area contributed by atoms with E-state index in [-0.39, 0.29) is 5.56 Å². The van der Waals surface area contributed by atoms with Gasteiger partial charge in [-0.2, -0.15) is 5.10 Å². The Labute approximate surface area is 202 Å². The molecule has 1 aliphatic rings. The minimum atomic E-state index is -0.0670. The summed E-state index contributed by atoms with van der Waals surface area (Å²) in [5.74, 6) is 1.12. The van der Waals surface area contributed by atoms with Crippen molar-refractivity contribution in [2.45, 2.75) is 25.7 Å². The van der Waals surface area contributed by atoms with Crippen LogP contribution in [0.5, 0.6) is 5.75 Å². The fraction of sp³-hybridized carbons (Fsp3) is 0.269. The molecule has 1 aliphatic carbocycles. The van der Waals surface area contributed by atoms with Crippen LogP contribution in [-0.4, -0.2) is 37.0 Å². The van der Waals surface area contributed by atoms with Crippen LogP contribution in [-0.2, 0) is 12.8 Å². The van der Waals surface area contributed by atoms with Gasteiger partial charge >= 0.3 is 0 Å². The molecule has 0 atom stereocenters. The molecule has 0 unspecified atom stereocenters. The molecule has 0 amide bonds. The number of anilines is 2. The molecule has 2 aromatic carbocycles. The van der Waals surface area contributed by atoms with E-state index in [1.165, 1.54) is 10.4 Å². The Balaban J connectivity index is 1.57. The number of nitrogens with one attached hydrogen (secondary N) is 1. The van der Waals surface area contributed by atoms with Crippen LogP contribution < -0.4 is 20.6 Å². The van der Waals surface area contributed by atoms with Crippen molar-refractivity contribution < 1.29 is 4.74 Å². The highest BCUT2D eigenvalue weighted by Gasteiger charge is 2.22. The van der Waals surface area contributed by atoms with Crippen molar-refractivity contribution in [3.63, 3.8) is 0 Å². The molecule has 8 heteroatoms. The topological polar surface area (TPSA) is 71.8 Å². The normalized spacial score (nSPS) is 13.3. The van der Waals surface area contributed by atoms with E-state index in [0.29, 0.717) is 11.6 Å². The molecule has 0 fully saturated rings. The molecule has 34 heavy (non-hydrogen) atoms. The van der Waals surface area contributed by atoms with Crippen LogP contribution >= 0.6 is 11.3 Å². The number of hydrogen-bond acceptors (Lipinski definition) is 7. The number of nitrogens with zero attached hydrogens (tertiary/aromatic N) is 4. The first-order valence-corrected chi connectivity index (χ1v) is 12.1. The van der Waals surface area contributed by atoms with E-state index in [9.17, 15) is 4.79 Å². The summed E-state index contributed by atoms with van der Waals surface area (Å²) in [5.41, 5.74) is 6.91. The molecule has 7 nitrogen and oxygen atoms in total. The van der Waals surface area contributed by atoms with Gasteiger partial charge in [-0.3, -0.25) is 4.79 Å². The van der Waals surface area contributed by atoms with Crippen molar-refractivity contribution in [3.8, 4) is 11.4 Å². The SMILES string of the molecule is COc1ccc(-n2c(NN=Cc3ccc(N(C)C)cc3)nc3sc4c(c3c2=O)CCCC4)cc1. The molecule has 4 aromatic rings. The fourth-order valence-corrected chi connectivity index (χ4v) is 5.53. The number of benzene rings is 2. The van der Waals surface area contributed by atoms with E-state index in [0.717, 1.165) is 52.9 Å². The average Bonchev–Trinajstić information content (AvgIpc) is 3.23. The van der Waals surface area contributed by atoms with Gasteiger partial charge in [0.05, 0.1) is 24.4 Å². The Bertz CT molecular complexity index is 1400. The van der Waals surface area contributed by atoms with Gasteiger partial charge in [0, 0.05) is 24.7 Å². The number of fused-ring (bicyclic) bond motifs is 3. The lowest BCUT2D eigenvalue weighted by Crippen LogP contribution is -2.23. The van der Waals surface area contributed by atoms with Crippen molar-refractivity contribution in [3.05, 3.63) is 74.9 Å². The monoisotopic (exact) mass is 473 g/mol. The molecular weight excluding hydrogens is 446 g/mol. The number of rotatable bonds is 6. The summed E-state index contributed by atoms with van der Waals surface area (Å²) in [6.07, 6.45) is 5.95. The number of aromatic nitrogens is 2. The molecule has 0 aliphatic heterocycles. The van der Waals surface area contributed by atoms with E-state index < -0.39 is 0 Å². The maximum absolute atomic E-state index is 13.8. The Hall–Kier alpha value is -3.65. The Morgan fingerprint density at radius 2 is 1.82 bits per heavy atom. The third-order valence-corrected chi connectivity index (χ3v) is 7.29. The minimum absolute atomic E-state index is 0.0670. The third kappa shape index (κ3) is 4.17. The summed E-state index contributed by atoms with van der Waals surface area (Å²) < 4.78 is 6.90. The number of thiophene rings is 1. The van der Waals surface area contributed by atoms with Gasteiger partial charge in [0.15, 0.2) is 0 Å². The molecule has 0 spiro atoms. The third-order valence-electron chi connectivity index (χ3n) is 6.11. The van der Waals surface area contributed by atoms with Crippen molar-refractivity contribution in [1.82, 2.24) is 9.55 Å². The number of hydrazone groups is 1. The van der Waals surface area contributed by atoms with E-state index in [2.05, 4.69) is 10.5 Å². The molecule has 0 saturated heterocycles. The highest BCUT2D eigenvalue weighted by molar-refractivity contribution is 7.18. The van der Waals surface area contributed by atoms with Crippen LogP contribution in [0, 0.1) is 0 Å². The van der Waals surface area contributed by atoms with Gasteiger partial charge in [-0.25, -0.2) is 15.0 Å². The quantitative estimate of drug-likeness (QED) is 0.320. The highest BCUT2D eigenvalue weighted by Crippen LogP contribution is 2.34. The molecule has 5 rings (SSSR count). The molecule has 2 heterocycles. The molecule has 2 aromatic heterocycles. The van der Waals surface area contributed by atoms with E-state index in [4.69, 9.17) is 9.72 Å². The van der Waals surface area contributed by atoms with Crippen LogP contribution in [0.25, 0.3) is 15.9 Å². The van der Waals surface area contributed by atoms with E-state index >= 15 is 0 Å². The Morgan fingerprint density at radius 1 is 1.09 bits per heavy atom. The van der Waals surface area contributed by atoms with Gasteiger partial charge in [-0.1, -0.05) is 12.1 Å². The lowest BCUT2D eigenvalue weighted by atomic mass is 9.97. The second-order valence-corrected chi connectivity index (χ2v) is 9.60. The molecular formula is C26H27N5O2S. The second kappa shape index (κ2) is 9.30. The molecule has 0 saturated carbocycles. The van der Waals surface area contributed by atoms with Crippen molar-refractivity contribution in [2.24, 2.45) is 5.10 Å². The smallest absolute Gasteiger partial charge is 0.268 e. The van der Waals surface area contributed by atoms with Crippen LogP contribution in [0.2, 0.25) is 0 Å². The predicted octanol–water partition coefficient (Wildman–Crippen LogP) is 4.85. The summed E-state index contributed by atoms with van der Waals surface area (Å²) in [6, 6.07) is 15.5. The highest BCUT2D eigenvalue weighted by atomic mass is 32.1. The first-order valence-electron chi connectivity index (χ1n) is 11.3. The van der Waals surface area contributed by atoms with Crippen molar-refractivity contribution in [1.29, 1.82) is 0 Å². The maximum atomic E-state index is 13.8. The maximum Gasteiger partial charge on any atom is 0.268 e. The van der Waals surface area contributed by atoms with Crippen molar-refractivity contribution in [2.75, 3.05) is 31.5 Å². The lowest BCUT2D eigenvalue weighted by Gasteiger charge is -2.14. The van der Waals surface area contributed by atoms with Gasteiger partial charge in [0.2, 0.25) is 5.95 Å². The van der Waals surface area contributed by atoms with Crippen molar-refractivity contribution >= 4 is 39.4 Å². The summed E-state index contributed by atoms with van der Waals surface area (Å²) >= 11 is 1.63. The van der Waals surface area contributed by atoms with Gasteiger partial charge in [0.1, 0.15) is 10.6 Å². The first kappa shape index (κ1) is 22.2. The van der Waals surface area contributed by atoms with Crippen LogP contribution in [0.3, 0.4) is 0 Å². The summed E-state index contributed by atoms with van der Waals surface area (Å²) in [4.78, 5) is 22.7. The Kier molecular flexibility index (Phi) is 6.06. The minimum Gasteiger partial charge on any atom is -0.497 e. The first-order chi connectivity index (χ1) is 16.5. The van der Waals surface area contributed by atoms with Crippen LogP contribution in [0.1, 0.15) is 28.8 Å². The zero-order chi connectivity index (χ0) is 23.7. The van der Waals surface area contributed by atoms with Gasteiger partial charge < -0.3 is 9.64 Å². The number of methoxy groups -OCH3 is 1.